The smallest absolute Gasteiger partial charge is 0.316 e. The molecule has 3 aromatic rings. The Kier molecular flexibility index (Phi) is 6.18. The predicted molar refractivity (Wildman–Crippen MR) is 115 cm³/mol. The number of nitrogens with one attached hydrogen (secondary N) is 1. The average Bonchev–Trinajstić information content (AvgIpc) is 3.24. The Morgan fingerprint density at radius 2 is 1.97 bits per heavy atom. The van der Waals surface area contributed by atoms with Crippen LogP contribution in [0.3, 0.4) is 0 Å². The molecule has 0 unspecified atom stereocenters. The number of rotatable bonds is 6. The first-order valence-corrected chi connectivity index (χ1v) is 10.9. The summed E-state index contributed by atoms with van der Waals surface area (Å²) in [6, 6.07) is 6.44. The molecule has 0 radical (unpaired) electrons. The van der Waals surface area contributed by atoms with Crippen molar-refractivity contribution >= 4 is 16.9 Å². The second-order valence-electron chi connectivity index (χ2n) is 8.27. The minimum Gasteiger partial charge on any atom is -0.452 e. The number of likely N-dealkylation sites (tertiary alicyclic amines) is 1. The summed E-state index contributed by atoms with van der Waals surface area (Å²) in [6.07, 6.45) is 6.08. The molecule has 4 rings (SSSR count). The summed E-state index contributed by atoms with van der Waals surface area (Å²) in [4.78, 5) is 19.3. The molecular formula is C23H30N4O3. The summed E-state index contributed by atoms with van der Waals surface area (Å²) < 4.78 is 11.2. The van der Waals surface area contributed by atoms with Gasteiger partial charge in [0.1, 0.15) is 5.58 Å². The quantitative estimate of drug-likeness (QED) is 0.645. The van der Waals surface area contributed by atoms with Crippen LogP contribution in [-0.4, -0.2) is 46.6 Å². The highest BCUT2D eigenvalue weighted by atomic mass is 16.5. The largest absolute Gasteiger partial charge is 0.452 e. The van der Waals surface area contributed by atoms with Gasteiger partial charge in [0, 0.05) is 23.5 Å². The van der Waals surface area contributed by atoms with Crippen LogP contribution in [0.25, 0.3) is 22.6 Å². The zero-order chi connectivity index (χ0) is 21.1. The number of benzene rings is 1. The lowest BCUT2D eigenvalue weighted by Gasteiger charge is -2.27. The van der Waals surface area contributed by atoms with E-state index in [9.17, 15) is 4.79 Å². The molecule has 1 aliphatic rings. The molecule has 3 heterocycles. The Morgan fingerprint density at radius 3 is 2.70 bits per heavy atom. The summed E-state index contributed by atoms with van der Waals surface area (Å²) in [5.41, 5.74) is 2.79. The third-order valence-corrected chi connectivity index (χ3v) is 6.10. The van der Waals surface area contributed by atoms with Gasteiger partial charge >= 0.3 is 11.8 Å². The van der Waals surface area contributed by atoms with Crippen LogP contribution in [0.5, 0.6) is 0 Å². The fourth-order valence-corrected chi connectivity index (χ4v) is 4.19. The number of nitrogens with zero attached hydrogens (tertiary/aromatic N) is 3. The molecule has 30 heavy (non-hydrogen) atoms. The van der Waals surface area contributed by atoms with Crippen molar-refractivity contribution in [1.29, 1.82) is 0 Å². The Labute approximate surface area is 176 Å². The summed E-state index contributed by atoms with van der Waals surface area (Å²) in [7, 11) is 0. The molecule has 2 aromatic heterocycles. The maximum Gasteiger partial charge on any atom is 0.316 e. The fraction of sp³-hybridized carbons (Fsp3) is 0.522. The van der Waals surface area contributed by atoms with E-state index in [2.05, 4.69) is 27.3 Å². The molecule has 7 nitrogen and oxygen atoms in total. The number of carbonyl (C=O) groups is 1. The van der Waals surface area contributed by atoms with E-state index in [1.165, 1.54) is 25.7 Å². The van der Waals surface area contributed by atoms with Crippen molar-refractivity contribution in [3.8, 4) is 11.6 Å². The second-order valence-corrected chi connectivity index (χ2v) is 8.27. The maximum atomic E-state index is 12.5. The average molecular weight is 411 g/mol. The number of aryl methyl sites for hydroxylation is 2. The maximum absolute atomic E-state index is 12.5. The third kappa shape index (κ3) is 4.26. The highest BCUT2D eigenvalue weighted by Crippen LogP contribution is 2.33. The van der Waals surface area contributed by atoms with E-state index in [1.54, 1.807) is 0 Å². The number of aromatic nitrogens is 2. The van der Waals surface area contributed by atoms with Crippen LogP contribution in [0.2, 0.25) is 0 Å². The molecule has 1 atom stereocenters. The zero-order valence-electron chi connectivity index (χ0n) is 18.0. The number of carbonyl (C=O) groups excluding carboxylic acids is 1. The van der Waals surface area contributed by atoms with Gasteiger partial charge in [0.25, 0.3) is 0 Å². The molecule has 160 valence electrons. The van der Waals surface area contributed by atoms with Gasteiger partial charge in [0.05, 0.1) is 0 Å². The van der Waals surface area contributed by atoms with E-state index in [-0.39, 0.29) is 11.8 Å². The van der Waals surface area contributed by atoms with E-state index >= 15 is 0 Å². The molecule has 0 aliphatic carbocycles. The molecule has 0 spiro atoms. The molecule has 1 saturated heterocycles. The van der Waals surface area contributed by atoms with Crippen LogP contribution in [-0.2, 0) is 0 Å². The van der Waals surface area contributed by atoms with Gasteiger partial charge in [-0.2, -0.15) is 4.98 Å². The van der Waals surface area contributed by atoms with Crippen LogP contribution in [0.1, 0.15) is 60.8 Å². The summed E-state index contributed by atoms with van der Waals surface area (Å²) in [6.45, 7) is 9.07. The van der Waals surface area contributed by atoms with Crippen molar-refractivity contribution in [2.45, 2.75) is 58.9 Å². The summed E-state index contributed by atoms with van der Waals surface area (Å²) in [5.74, 6) is 0.453. The van der Waals surface area contributed by atoms with Crippen molar-refractivity contribution in [2.75, 3.05) is 19.6 Å². The summed E-state index contributed by atoms with van der Waals surface area (Å²) in [5, 5.41) is 7.90. The van der Waals surface area contributed by atoms with E-state index in [0.29, 0.717) is 24.2 Å². The Hall–Kier alpha value is -2.67. The Bertz CT molecular complexity index is 1010. The normalized spacial score (nSPS) is 16.5. The molecule has 1 amide bonds. The molecule has 1 N–H and O–H groups in total. The third-order valence-electron chi connectivity index (χ3n) is 6.10. The van der Waals surface area contributed by atoms with Crippen molar-refractivity contribution < 1.29 is 13.7 Å². The molecule has 1 fully saturated rings. The van der Waals surface area contributed by atoms with Crippen LogP contribution in [0.4, 0.5) is 0 Å². The molecule has 1 aliphatic heterocycles. The van der Waals surface area contributed by atoms with Crippen LogP contribution in [0.15, 0.2) is 27.1 Å². The minimum atomic E-state index is -0.346. The first kappa shape index (κ1) is 20.6. The molecule has 1 aromatic carbocycles. The number of amides is 1. The van der Waals surface area contributed by atoms with Gasteiger partial charge in [-0.3, -0.25) is 4.79 Å². The highest BCUT2D eigenvalue weighted by molar-refractivity contribution is 5.91. The van der Waals surface area contributed by atoms with Gasteiger partial charge < -0.3 is 19.2 Å². The van der Waals surface area contributed by atoms with Crippen molar-refractivity contribution in [3.05, 3.63) is 35.2 Å². The lowest BCUT2D eigenvalue weighted by Crippen LogP contribution is -2.37. The summed E-state index contributed by atoms with van der Waals surface area (Å²) >= 11 is 0. The number of hydrogen-bond acceptors (Lipinski definition) is 6. The lowest BCUT2D eigenvalue weighted by atomic mass is 10.1. The molecule has 0 saturated carbocycles. The van der Waals surface area contributed by atoms with Gasteiger partial charge in [-0.1, -0.05) is 36.2 Å². The Morgan fingerprint density at radius 1 is 1.20 bits per heavy atom. The zero-order valence-corrected chi connectivity index (χ0v) is 18.0. The molecule has 7 heteroatoms. The van der Waals surface area contributed by atoms with Crippen molar-refractivity contribution in [2.24, 2.45) is 0 Å². The van der Waals surface area contributed by atoms with E-state index in [0.717, 1.165) is 41.6 Å². The Balaban J connectivity index is 1.37. The topological polar surface area (TPSA) is 84.4 Å². The van der Waals surface area contributed by atoms with E-state index in [4.69, 9.17) is 8.94 Å². The molecular weight excluding hydrogens is 380 g/mol. The van der Waals surface area contributed by atoms with Crippen molar-refractivity contribution in [1.82, 2.24) is 20.4 Å². The minimum absolute atomic E-state index is 0.0380. The van der Waals surface area contributed by atoms with Gasteiger partial charge in [-0.05, 0) is 58.7 Å². The second kappa shape index (κ2) is 9.00. The SMILES string of the molecule is Cc1c(-c2noc(C(=O)NCC[C@@H](C)N3CCCCCC3)n2)oc2c(C)cccc12. The number of furan rings is 1. The standard InChI is InChI=1S/C23H30N4O3/c1-15-9-8-10-18-17(3)20(29-19(15)18)21-25-23(30-26-21)22(28)24-12-11-16(2)27-13-6-4-5-7-14-27/h8-10,16H,4-7,11-14H2,1-3H3,(H,24,28)/t16-/m1/s1. The van der Waals surface area contributed by atoms with Crippen LogP contribution in [0, 0.1) is 13.8 Å². The van der Waals surface area contributed by atoms with E-state index < -0.39 is 0 Å². The first-order valence-electron chi connectivity index (χ1n) is 10.9. The van der Waals surface area contributed by atoms with Gasteiger partial charge in [0.15, 0.2) is 5.76 Å². The number of fused-ring (bicyclic) bond motifs is 1. The first-order chi connectivity index (χ1) is 14.5. The van der Waals surface area contributed by atoms with Gasteiger partial charge in [-0.25, -0.2) is 0 Å². The predicted octanol–water partition coefficient (Wildman–Crippen LogP) is 4.48. The fourth-order valence-electron chi connectivity index (χ4n) is 4.19. The van der Waals surface area contributed by atoms with Crippen LogP contribution < -0.4 is 5.32 Å². The van der Waals surface area contributed by atoms with Gasteiger partial charge in [0.2, 0.25) is 5.82 Å². The van der Waals surface area contributed by atoms with Crippen LogP contribution >= 0.6 is 0 Å². The molecule has 0 bridgehead atoms. The van der Waals surface area contributed by atoms with Gasteiger partial charge in [-0.15, -0.1) is 0 Å². The number of para-hydroxylation sites is 1. The van der Waals surface area contributed by atoms with Crippen molar-refractivity contribution in [3.63, 3.8) is 0 Å². The van der Waals surface area contributed by atoms with E-state index in [1.807, 2.05) is 32.0 Å². The number of hydrogen-bond donors (Lipinski definition) is 1. The lowest BCUT2D eigenvalue weighted by molar-refractivity contribution is 0.0904. The monoisotopic (exact) mass is 410 g/mol. The highest BCUT2D eigenvalue weighted by Gasteiger charge is 2.22.